The van der Waals surface area contributed by atoms with Crippen molar-refractivity contribution in [2.24, 2.45) is 5.41 Å². The Labute approximate surface area is 161 Å². The number of piperidine rings is 1. The molecule has 0 radical (unpaired) electrons. The standard InChI is InChI=1S/C22H30N2O3/c1-17-5-2-3-6-18(17)13-20(25)23-10-8-22(9-11-23)14-21(26)24(16-22)15-19-7-4-12-27-19/h2-3,5-6,19H,4,7-16H2,1H3/t19-/m0/s1. The van der Waals surface area contributed by atoms with Gasteiger partial charge in [0.15, 0.2) is 0 Å². The van der Waals surface area contributed by atoms with Crippen molar-refractivity contribution < 1.29 is 14.3 Å². The van der Waals surface area contributed by atoms with Crippen LogP contribution < -0.4 is 0 Å². The minimum absolute atomic E-state index is 0.0646. The first-order valence-corrected chi connectivity index (χ1v) is 10.3. The molecule has 5 nitrogen and oxygen atoms in total. The number of carbonyl (C=O) groups is 2. The van der Waals surface area contributed by atoms with Gasteiger partial charge < -0.3 is 14.5 Å². The molecule has 2 amide bonds. The fraction of sp³-hybridized carbons (Fsp3) is 0.636. The molecule has 0 aromatic heterocycles. The molecule has 0 aliphatic carbocycles. The van der Waals surface area contributed by atoms with Crippen molar-refractivity contribution in [1.29, 1.82) is 0 Å². The van der Waals surface area contributed by atoms with Crippen molar-refractivity contribution in [3.8, 4) is 0 Å². The van der Waals surface area contributed by atoms with Crippen molar-refractivity contribution in [3.63, 3.8) is 0 Å². The Kier molecular flexibility index (Phi) is 5.22. The lowest BCUT2D eigenvalue weighted by atomic mass is 9.77. The normalized spacial score (nSPS) is 24.8. The van der Waals surface area contributed by atoms with Gasteiger partial charge in [0, 0.05) is 44.6 Å². The maximum atomic E-state index is 12.7. The zero-order valence-corrected chi connectivity index (χ0v) is 16.3. The third kappa shape index (κ3) is 4.03. The van der Waals surface area contributed by atoms with Crippen LogP contribution in [-0.2, 0) is 20.7 Å². The molecule has 3 aliphatic rings. The maximum absolute atomic E-state index is 12.7. The molecular weight excluding hydrogens is 340 g/mol. The Morgan fingerprint density at radius 3 is 2.74 bits per heavy atom. The zero-order chi connectivity index (χ0) is 18.9. The van der Waals surface area contributed by atoms with Crippen LogP contribution in [0.3, 0.4) is 0 Å². The Bertz CT molecular complexity index is 703. The van der Waals surface area contributed by atoms with E-state index < -0.39 is 0 Å². The fourth-order valence-electron chi connectivity index (χ4n) is 4.83. The number of benzene rings is 1. The number of likely N-dealkylation sites (tertiary alicyclic amines) is 2. The number of aryl methyl sites for hydroxylation is 1. The van der Waals surface area contributed by atoms with E-state index in [4.69, 9.17) is 4.74 Å². The van der Waals surface area contributed by atoms with Crippen LogP contribution in [0.1, 0.15) is 43.2 Å². The SMILES string of the molecule is Cc1ccccc1CC(=O)N1CCC2(CC1)CC(=O)N(C[C@@H]1CCCO1)C2. The second-order valence-corrected chi connectivity index (χ2v) is 8.57. The van der Waals surface area contributed by atoms with Gasteiger partial charge in [-0.15, -0.1) is 0 Å². The minimum Gasteiger partial charge on any atom is -0.376 e. The van der Waals surface area contributed by atoms with Crippen LogP contribution in [0.15, 0.2) is 24.3 Å². The molecule has 0 bridgehead atoms. The molecule has 0 unspecified atom stereocenters. The molecule has 1 atom stereocenters. The average molecular weight is 370 g/mol. The fourth-order valence-corrected chi connectivity index (χ4v) is 4.83. The van der Waals surface area contributed by atoms with Crippen LogP contribution in [0, 0.1) is 12.3 Å². The van der Waals surface area contributed by atoms with Gasteiger partial charge in [-0.3, -0.25) is 9.59 Å². The van der Waals surface area contributed by atoms with E-state index in [0.717, 1.165) is 64.0 Å². The summed E-state index contributed by atoms with van der Waals surface area (Å²) >= 11 is 0. The highest BCUT2D eigenvalue weighted by molar-refractivity contribution is 5.81. The molecule has 3 fully saturated rings. The summed E-state index contributed by atoms with van der Waals surface area (Å²) in [5, 5.41) is 0. The van der Waals surface area contributed by atoms with Gasteiger partial charge in [-0.25, -0.2) is 0 Å². The molecule has 1 aromatic rings. The van der Waals surface area contributed by atoms with Gasteiger partial charge in [0.25, 0.3) is 0 Å². The van der Waals surface area contributed by atoms with Crippen LogP contribution in [0.5, 0.6) is 0 Å². The lowest BCUT2D eigenvalue weighted by molar-refractivity contribution is -0.132. The number of hydrogen-bond acceptors (Lipinski definition) is 3. The second-order valence-electron chi connectivity index (χ2n) is 8.57. The summed E-state index contributed by atoms with van der Waals surface area (Å²) < 4.78 is 5.71. The van der Waals surface area contributed by atoms with Gasteiger partial charge in [0.1, 0.15) is 0 Å². The van der Waals surface area contributed by atoms with Gasteiger partial charge in [0.2, 0.25) is 11.8 Å². The zero-order valence-electron chi connectivity index (χ0n) is 16.3. The molecule has 27 heavy (non-hydrogen) atoms. The number of hydrogen-bond donors (Lipinski definition) is 0. The van der Waals surface area contributed by atoms with Crippen LogP contribution in [0.25, 0.3) is 0 Å². The molecule has 5 heteroatoms. The predicted octanol–water partition coefficient (Wildman–Crippen LogP) is 2.56. The van der Waals surface area contributed by atoms with Crippen molar-refractivity contribution in [3.05, 3.63) is 35.4 Å². The van der Waals surface area contributed by atoms with Gasteiger partial charge in [-0.05, 0) is 43.7 Å². The lowest BCUT2D eigenvalue weighted by Crippen LogP contribution is -2.45. The van der Waals surface area contributed by atoms with Gasteiger partial charge in [-0.2, -0.15) is 0 Å². The summed E-state index contributed by atoms with van der Waals surface area (Å²) in [6.45, 7) is 6.01. The van der Waals surface area contributed by atoms with Crippen LogP contribution in [-0.4, -0.2) is 60.5 Å². The highest BCUT2D eigenvalue weighted by Crippen LogP contribution is 2.41. The van der Waals surface area contributed by atoms with E-state index in [1.807, 2.05) is 28.0 Å². The van der Waals surface area contributed by atoms with Gasteiger partial charge >= 0.3 is 0 Å². The summed E-state index contributed by atoms with van der Waals surface area (Å²) in [6.07, 6.45) is 5.37. The third-order valence-corrected chi connectivity index (χ3v) is 6.63. The first-order chi connectivity index (χ1) is 13.0. The first kappa shape index (κ1) is 18.5. The Morgan fingerprint density at radius 1 is 1.26 bits per heavy atom. The molecule has 0 N–H and O–H groups in total. The summed E-state index contributed by atoms with van der Waals surface area (Å²) in [6, 6.07) is 8.10. The van der Waals surface area contributed by atoms with Crippen LogP contribution >= 0.6 is 0 Å². The summed E-state index contributed by atoms with van der Waals surface area (Å²) in [4.78, 5) is 29.2. The topological polar surface area (TPSA) is 49.9 Å². The molecular formula is C22H30N2O3. The van der Waals surface area contributed by atoms with Crippen LogP contribution in [0.2, 0.25) is 0 Å². The van der Waals surface area contributed by atoms with E-state index in [1.54, 1.807) is 0 Å². The van der Waals surface area contributed by atoms with E-state index >= 15 is 0 Å². The predicted molar refractivity (Wildman–Crippen MR) is 103 cm³/mol. The Morgan fingerprint density at radius 2 is 2.04 bits per heavy atom. The summed E-state index contributed by atoms with van der Waals surface area (Å²) in [5.41, 5.74) is 2.35. The van der Waals surface area contributed by atoms with Crippen molar-refractivity contribution in [2.75, 3.05) is 32.8 Å². The van der Waals surface area contributed by atoms with Gasteiger partial charge in [-0.1, -0.05) is 24.3 Å². The quantitative estimate of drug-likeness (QED) is 0.818. The van der Waals surface area contributed by atoms with E-state index in [0.29, 0.717) is 12.8 Å². The van der Waals surface area contributed by atoms with E-state index in [1.165, 1.54) is 5.56 Å². The monoisotopic (exact) mass is 370 g/mol. The second kappa shape index (κ2) is 7.63. The molecule has 1 spiro atoms. The van der Waals surface area contributed by atoms with E-state index in [-0.39, 0.29) is 23.3 Å². The number of nitrogens with zero attached hydrogens (tertiary/aromatic N) is 2. The van der Waals surface area contributed by atoms with Crippen molar-refractivity contribution >= 4 is 11.8 Å². The summed E-state index contributed by atoms with van der Waals surface area (Å²) in [7, 11) is 0. The maximum Gasteiger partial charge on any atom is 0.226 e. The minimum atomic E-state index is 0.0646. The highest BCUT2D eigenvalue weighted by Gasteiger charge is 2.45. The molecule has 146 valence electrons. The first-order valence-electron chi connectivity index (χ1n) is 10.3. The Hall–Kier alpha value is -1.88. The Balaban J connectivity index is 1.31. The molecule has 3 heterocycles. The van der Waals surface area contributed by atoms with E-state index in [2.05, 4.69) is 13.0 Å². The van der Waals surface area contributed by atoms with Crippen LogP contribution in [0.4, 0.5) is 0 Å². The number of carbonyl (C=O) groups excluding carboxylic acids is 2. The highest BCUT2D eigenvalue weighted by atomic mass is 16.5. The number of amides is 2. The van der Waals surface area contributed by atoms with Gasteiger partial charge in [0.05, 0.1) is 12.5 Å². The molecule has 4 rings (SSSR count). The molecule has 1 aromatic carbocycles. The molecule has 3 aliphatic heterocycles. The van der Waals surface area contributed by atoms with Crippen molar-refractivity contribution in [2.45, 2.75) is 51.6 Å². The average Bonchev–Trinajstić information content (AvgIpc) is 3.26. The molecule has 3 saturated heterocycles. The van der Waals surface area contributed by atoms with E-state index in [9.17, 15) is 9.59 Å². The van der Waals surface area contributed by atoms with Crippen molar-refractivity contribution in [1.82, 2.24) is 9.80 Å². The number of rotatable bonds is 4. The lowest BCUT2D eigenvalue weighted by Gasteiger charge is -2.39. The largest absolute Gasteiger partial charge is 0.376 e. The summed E-state index contributed by atoms with van der Waals surface area (Å²) in [5.74, 6) is 0.477. The smallest absolute Gasteiger partial charge is 0.226 e. The molecule has 0 saturated carbocycles. The third-order valence-electron chi connectivity index (χ3n) is 6.63. The number of ether oxygens (including phenoxy) is 1.